The maximum atomic E-state index is 10.4. The van der Waals surface area contributed by atoms with Gasteiger partial charge >= 0.3 is 0 Å². The number of hydrogen-bond donors (Lipinski definition) is 1. The summed E-state index contributed by atoms with van der Waals surface area (Å²) in [5.74, 6) is 2.92. The van der Waals surface area contributed by atoms with E-state index in [1.807, 2.05) is 0 Å². The van der Waals surface area contributed by atoms with Crippen LogP contribution in [0.1, 0.15) is 72.6 Å². The highest BCUT2D eigenvalue weighted by molar-refractivity contribution is 9.12. The molecule has 0 amide bonds. The van der Waals surface area contributed by atoms with E-state index in [0.717, 1.165) is 12.8 Å². The molecule has 0 unspecified atom stereocenters. The van der Waals surface area contributed by atoms with Gasteiger partial charge in [0.1, 0.15) is 0 Å². The Morgan fingerprint density at radius 3 is 2.23 bits per heavy atom. The average Bonchev–Trinajstić information content (AvgIpc) is 2.41. The van der Waals surface area contributed by atoms with Gasteiger partial charge in [-0.25, -0.2) is 0 Å². The average molecular weight is 391 g/mol. The molecule has 22 heavy (non-hydrogen) atoms. The smallest absolute Gasteiger partial charge is 0.192 e. The third-order valence-corrected chi connectivity index (χ3v) is 9.44. The van der Waals surface area contributed by atoms with Crippen LogP contribution in [0.2, 0.25) is 18.1 Å². The van der Waals surface area contributed by atoms with E-state index in [0.29, 0.717) is 6.42 Å². The van der Waals surface area contributed by atoms with Crippen molar-refractivity contribution >= 4 is 24.2 Å². The van der Waals surface area contributed by atoms with Crippen LogP contribution in [0.4, 0.5) is 0 Å². The zero-order chi connectivity index (χ0) is 17.2. The van der Waals surface area contributed by atoms with E-state index in [-0.39, 0.29) is 11.1 Å². The predicted octanol–water partition coefficient (Wildman–Crippen LogP) is 5.84. The molecule has 0 aliphatic rings. The van der Waals surface area contributed by atoms with Crippen LogP contribution in [0.15, 0.2) is 0 Å². The molecule has 0 radical (unpaired) electrons. The molecule has 0 bridgehead atoms. The van der Waals surface area contributed by atoms with Gasteiger partial charge in [0.2, 0.25) is 0 Å². The molecule has 0 aromatic carbocycles. The number of unbranched alkanes of at least 4 members (excludes halogenated alkanes) is 4. The molecule has 130 valence electrons. The standard InChI is InChI=1S/C18H35BrO2Si/c1-7-8-9-10-11-14-17(16(20)13-12-15-19)21-22(5,6)18(2,3)4/h16-17,20H,7-11,13-14H2,1-6H3/t16-,17-/m1/s1. The summed E-state index contributed by atoms with van der Waals surface area (Å²) in [5.41, 5.74) is 0. The lowest BCUT2D eigenvalue weighted by Crippen LogP contribution is -2.47. The van der Waals surface area contributed by atoms with Gasteiger partial charge in [0.05, 0.1) is 12.2 Å². The fourth-order valence-electron chi connectivity index (χ4n) is 2.11. The summed E-state index contributed by atoms with van der Waals surface area (Å²) in [6, 6.07) is 0. The SMILES string of the molecule is CCCCCCC[C@@H](O[Si](C)(C)C(C)(C)C)[C@H](O)CC#CBr. The maximum absolute atomic E-state index is 10.4. The van der Waals surface area contributed by atoms with Crippen molar-refractivity contribution in [3.05, 3.63) is 0 Å². The van der Waals surface area contributed by atoms with Crippen molar-refractivity contribution < 1.29 is 9.53 Å². The van der Waals surface area contributed by atoms with E-state index in [1.54, 1.807) is 0 Å². The monoisotopic (exact) mass is 390 g/mol. The molecule has 0 aromatic heterocycles. The molecule has 0 spiro atoms. The highest BCUT2D eigenvalue weighted by Gasteiger charge is 2.40. The molecule has 0 saturated heterocycles. The second kappa shape index (κ2) is 10.9. The van der Waals surface area contributed by atoms with Gasteiger partial charge in [-0.05, 0) is 29.4 Å². The highest BCUT2D eigenvalue weighted by Crippen LogP contribution is 2.38. The van der Waals surface area contributed by atoms with Crippen molar-refractivity contribution in [1.29, 1.82) is 0 Å². The molecule has 0 saturated carbocycles. The summed E-state index contributed by atoms with van der Waals surface area (Å²) in [6.07, 6.45) is 7.00. The van der Waals surface area contributed by atoms with Crippen LogP contribution in [-0.4, -0.2) is 25.6 Å². The normalized spacial score (nSPS) is 15.1. The Balaban J connectivity index is 4.67. The van der Waals surface area contributed by atoms with Gasteiger partial charge < -0.3 is 9.53 Å². The van der Waals surface area contributed by atoms with Gasteiger partial charge in [-0.1, -0.05) is 65.7 Å². The molecule has 0 aliphatic heterocycles. The van der Waals surface area contributed by atoms with Crippen molar-refractivity contribution in [1.82, 2.24) is 0 Å². The molecule has 2 nitrogen and oxygen atoms in total. The van der Waals surface area contributed by atoms with Crippen molar-refractivity contribution in [2.75, 3.05) is 0 Å². The molecule has 0 rings (SSSR count). The van der Waals surface area contributed by atoms with Gasteiger partial charge in [-0.3, -0.25) is 0 Å². The molecular formula is C18H35BrO2Si. The van der Waals surface area contributed by atoms with Crippen LogP contribution in [0, 0.1) is 10.8 Å². The Hall–Kier alpha value is 0.177. The molecule has 0 aliphatic carbocycles. The molecule has 2 atom stereocenters. The molecule has 4 heteroatoms. The Kier molecular flexibility index (Phi) is 10.9. The van der Waals surface area contributed by atoms with Crippen molar-refractivity contribution in [3.63, 3.8) is 0 Å². The first-order valence-corrected chi connectivity index (χ1v) is 12.3. The zero-order valence-corrected chi connectivity index (χ0v) is 17.9. The van der Waals surface area contributed by atoms with Crippen LogP contribution < -0.4 is 0 Å². The van der Waals surface area contributed by atoms with E-state index < -0.39 is 14.4 Å². The first kappa shape index (κ1) is 22.2. The topological polar surface area (TPSA) is 29.5 Å². The second-order valence-electron chi connectivity index (χ2n) is 7.66. The summed E-state index contributed by atoms with van der Waals surface area (Å²) in [6.45, 7) is 13.4. The zero-order valence-electron chi connectivity index (χ0n) is 15.3. The number of hydrogen-bond acceptors (Lipinski definition) is 2. The minimum absolute atomic E-state index is 0.0872. The molecule has 0 fully saturated rings. The summed E-state index contributed by atoms with van der Waals surface area (Å²) >= 11 is 3.10. The van der Waals surface area contributed by atoms with E-state index in [2.05, 4.69) is 67.5 Å². The largest absolute Gasteiger partial charge is 0.411 e. The van der Waals surface area contributed by atoms with E-state index >= 15 is 0 Å². The fraction of sp³-hybridized carbons (Fsp3) is 0.889. The fourth-order valence-corrected chi connectivity index (χ4v) is 3.66. The van der Waals surface area contributed by atoms with Crippen LogP contribution >= 0.6 is 15.9 Å². The summed E-state index contributed by atoms with van der Waals surface area (Å²) in [7, 11) is -1.87. The second-order valence-corrected chi connectivity index (χ2v) is 12.8. The molecular weight excluding hydrogens is 356 g/mol. The Morgan fingerprint density at radius 2 is 1.73 bits per heavy atom. The van der Waals surface area contributed by atoms with E-state index in [1.165, 1.54) is 25.7 Å². The van der Waals surface area contributed by atoms with Gasteiger partial charge in [-0.15, -0.1) is 0 Å². The van der Waals surface area contributed by atoms with E-state index in [9.17, 15) is 5.11 Å². The van der Waals surface area contributed by atoms with Crippen LogP contribution in [0.3, 0.4) is 0 Å². The molecule has 1 N–H and O–H groups in total. The highest BCUT2D eigenvalue weighted by atomic mass is 79.9. The van der Waals surface area contributed by atoms with E-state index in [4.69, 9.17) is 4.43 Å². The van der Waals surface area contributed by atoms with Gasteiger partial charge in [0.15, 0.2) is 8.32 Å². The van der Waals surface area contributed by atoms with Gasteiger partial charge in [0, 0.05) is 22.4 Å². The third-order valence-electron chi connectivity index (χ3n) is 4.65. The summed E-state index contributed by atoms with van der Waals surface area (Å²) in [5, 5.41) is 10.6. The predicted molar refractivity (Wildman–Crippen MR) is 103 cm³/mol. The summed E-state index contributed by atoms with van der Waals surface area (Å²) in [4.78, 5) is 2.69. The number of rotatable bonds is 10. The Bertz CT molecular complexity index is 352. The minimum atomic E-state index is -1.87. The third kappa shape index (κ3) is 8.72. The number of aliphatic hydroxyl groups is 1. The van der Waals surface area contributed by atoms with Crippen LogP contribution in [0.5, 0.6) is 0 Å². The molecule has 0 aromatic rings. The number of aliphatic hydroxyl groups excluding tert-OH is 1. The quantitative estimate of drug-likeness (QED) is 0.288. The van der Waals surface area contributed by atoms with Crippen molar-refractivity contribution in [2.24, 2.45) is 0 Å². The van der Waals surface area contributed by atoms with Gasteiger partial charge in [0.25, 0.3) is 0 Å². The van der Waals surface area contributed by atoms with Gasteiger partial charge in [-0.2, -0.15) is 0 Å². The lowest BCUT2D eigenvalue weighted by Gasteiger charge is -2.40. The Labute approximate surface area is 147 Å². The van der Waals surface area contributed by atoms with Crippen molar-refractivity contribution in [2.45, 2.75) is 103 Å². The first-order valence-electron chi connectivity index (χ1n) is 8.60. The van der Waals surface area contributed by atoms with Crippen LogP contribution in [-0.2, 0) is 4.43 Å². The molecule has 0 heterocycles. The van der Waals surface area contributed by atoms with Crippen molar-refractivity contribution in [3.8, 4) is 10.8 Å². The van der Waals surface area contributed by atoms with Crippen LogP contribution in [0.25, 0.3) is 0 Å². The lowest BCUT2D eigenvalue weighted by atomic mass is 10.0. The summed E-state index contributed by atoms with van der Waals surface area (Å²) < 4.78 is 6.47. The lowest BCUT2D eigenvalue weighted by molar-refractivity contribution is 0.0243. The number of halogens is 1. The first-order chi connectivity index (χ1) is 10.2. The Morgan fingerprint density at radius 1 is 1.14 bits per heavy atom. The minimum Gasteiger partial charge on any atom is -0.411 e. The maximum Gasteiger partial charge on any atom is 0.192 e.